The number of imide groups is 1. The number of aryl methyl sites for hydroxylation is 2. The van der Waals surface area contributed by atoms with E-state index in [0.717, 1.165) is 11.4 Å². The molecular formula is C15H13N5O5. The topological polar surface area (TPSA) is 129 Å². The molecule has 128 valence electrons. The predicted molar refractivity (Wildman–Crippen MR) is 81.7 cm³/mol. The van der Waals surface area contributed by atoms with E-state index in [-0.39, 0.29) is 17.4 Å². The number of furan rings is 1. The van der Waals surface area contributed by atoms with Crippen LogP contribution in [0.1, 0.15) is 32.6 Å². The Hall–Kier alpha value is -3.56. The van der Waals surface area contributed by atoms with Gasteiger partial charge in [0.25, 0.3) is 23.4 Å². The Labute approximate surface area is 140 Å². The van der Waals surface area contributed by atoms with E-state index in [9.17, 15) is 14.4 Å². The predicted octanol–water partition coefficient (Wildman–Crippen LogP) is 0.448. The third-order valence-corrected chi connectivity index (χ3v) is 3.13. The molecule has 3 aromatic rings. The van der Waals surface area contributed by atoms with Gasteiger partial charge < -0.3 is 9.15 Å². The number of carbonyl (C=O) groups excluding carboxylic acids is 3. The molecule has 0 radical (unpaired) electrons. The highest BCUT2D eigenvalue weighted by molar-refractivity contribution is 6.03. The Bertz CT molecular complexity index is 960. The molecule has 10 heteroatoms. The Morgan fingerprint density at radius 2 is 2.08 bits per heavy atom. The van der Waals surface area contributed by atoms with Gasteiger partial charge in [-0.3, -0.25) is 14.9 Å². The second-order valence-electron chi connectivity index (χ2n) is 5.12. The molecular weight excluding hydrogens is 330 g/mol. The summed E-state index contributed by atoms with van der Waals surface area (Å²) in [6.45, 7) is 2.92. The molecule has 0 unspecified atom stereocenters. The van der Waals surface area contributed by atoms with Crippen LogP contribution in [0, 0.1) is 13.8 Å². The fourth-order valence-electron chi connectivity index (χ4n) is 2.08. The molecule has 0 aliphatic rings. The number of esters is 1. The molecule has 3 heterocycles. The first-order chi connectivity index (χ1) is 11.9. The van der Waals surface area contributed by atoms with Crippen LogP contribution in [0.3, 0.4) is 0 Å². The molecule has 0 aromatic carbocycles. The van der Waals surface area contributed by atoms with E-state index in [1.54, 1.807) is 19.9 Å². The molecule has 2 amide bonds. The van der Waals surface area contributed by atoms with Crippen LogP contribution < -0.4 is 5.32 Å². The van der Waals surface area contributed by atoms with Crippen molar-refractivity contribution < 1.29 is 23.5 Å². The van der Waals surface area contributed by atoms with E-state index in [2.05, 4.69) is 15.1 Å². The van der Waals surface area contributed by atoms with Crippen molar-refractivity contribution in [3.05, 3.63) is 47.4 Å². The molecule has 25 heavy (non-hydrogen) atoms. The molecule has 0 spiro atoms. The number of amides is 2. The Balaban J connectivity index is 1.62. The van der Waals surface area contributed by atoms with Crippen molar-refractivity contribution in [1.82, 2.24) is 24.9 Å². The standard InChI is InChI=1S/C15H13N5O5/c1-8-6-9(2)20-15(16-8)18-12(19-20)14(23)25-7-11(21)17-13(22)10-4-3-5-24-10/h3-6H,7H2,1-2H3,(H,17,21,22). The molecule has 0 saturated heterocycles. The van der Waals surface area contributed by atoms with E-state index in [0.29, 0.717) is 0 Å². The highest BCUT2D eigenvalue weighted by Crippen LogP contribution is 2.06. The first-order valence-corrected chi connectivity index (χ1v) is 7.20. The second-order valence-corrected chi connectivity index (χ2v) is 5.12. The number of aromatic nitrogens is 4. The highest BCUT2D eigenvalue weighted by Gasteiger charge is 2.19. The number of nitrogens with zero attached hydrogens (tertiary/aromatic N) is 4. The van der Waals surface area contributed by atoms with Crippen LogP contribution in [0.2, 0.25) is 0 Å². The van der Waals surface area contributed by atoms with Crippen LogP contribution in [0.5, 0.6) is 0 Å². The van der Waals surface area contributed by atoms with E-state index >= 15 is 0 Å². The van der Waals surface area contributed by atoms with Crippen LogP contribution in [-0.2, 0) is 9.53 Å². The van der Waals surface area contributed by atoms with Crippen LogP contribution in [-0.4, -0.2) is 44.0 Å². The molecule has 0 atom stereocenters. The zero-order valence-corrected chi connectivity index (χ0v) is 13.3. The smallest absolute Gasteiger partial charge is 0.378 e. The van der Waals surface area contributed by atoms with Gasteiger partial charge in [0.15, 0.2) is 12.4 Å². The maximum Gasteiger partial charge on any atom is 0.378 e. The lowest BCUT2D eigenvalue weighted by atomic mass is 10.4. The minimum Gasteiger partial charge on any atom is -0.459 e. The van der Waals surface area contributed by atoms with Crippen molar-refractivity contribution >= 4 is 23.6 Å². The molecule has 0 aliphatic heterocycles. The van der Waals surface area contributed by atoms with E-state index in [1.165, 1.54) is 22.9 Å². The van der Waals surface area contributed by atoms with Gasteiger partial charge in [0, 0.05) is 11.4 Å². The molecule has 3 rings (SSSR count). The molecule has 3 aromatic heterocycles. The minimum atomic E-state index is -0.900. The largest absolute Gasteiger partial charge is 0.459 e. The highest BCUT2D eigenvalue weighted by atomic mass is 16.5. The third kappa shape index (κ3) is 3.52. The van der Waals surface area contributed by atoms with Gasteiger partial charge in [-0.15, -0.1) is 5.10 Å². The van der Waals surface area contributed by atoms with Gasteiger partial charge in [-0.1, -0.05) is 0 Å². The fourth-order valence-corrected chi connectivity index (χ4v) is 2.08. The molecule has 0 bridgehead atoms. The summed E-state index contributed by atoms with van der Waals surface area (Å²) >= 11 is 0. The fraction of sp³-hybridized carbons (Fsp3) is 0.200. The summed E-state index contributed by atoms with van der Waals surface area (Å²) in [5.41, 5.74) is 1.48. The quantitative estimate of drug-likeness (QED) is 0.676. The second kappa shape index (κ2) is 6.51. The van der Waals surface area contributed by atoms with Crippen molar-refractivity contribution in [3.8, 4) is 0 Å². The Morgan fingerprint density at radius 3 is 2.80 bits per heavy atom. The summed E-state index contributed by atoms with van der Waals surface area (Å²) < 4.78 is 11.0. The SMILES string of the molecule is Cc1cc(C)n2nc(C(=O)OCC(=O)NC(=O)c3ccco3)nc2n1. The summed E-state index contributed by atoms with van der Waals surface area (Å²) in [4.78, 5) is 43.3. The molecule has 0 fully saturated rings. The van der Waals surface area contributed by atoms with E-state index < -0.39 is 24.4 Å². The van der Waals surface area contributed by atoms with Crippen LogP contribution in [0.15, 0.2) is 28.9 Å². The molecule has 0 aliphatic carbocycles. The van der Waals surface area contributed by atoms with Gasteiger partial charge >= 0.3 is 5.97 Å². The van der Waals surface area contributed by atoms with Gasteiger partial charge in [0.05, 0.1) is 6.26 Å². The van der Waals surface area contributed by atoms with Crippen LogP contribution in [0.25, 0.3) is 5.78 Å². The first-order valence-electron chi connectivity index (χ1n) is 7.20. The van der Waals surface area contributed by atoms with Crippen molar-refractivity contribution in [2.75, 3.05) is 6.61 Å². The van der Waals surface area contributed by atoms with Gasteiger partial charge in [0.1, 0.15) is 0 Å². The number of nitrogens with one attached hydrogen (secondary N) is 1. The molecule has 1 N–H and O–H groups in total. The van der Waals surface area contributed by atoms with Crippen molar-refractivity contribution in [2.45, 2.75) is 13.8 Å². The molecule has 10 nitrogen and oxygen atoms in total. The number of hydrogen-bond donors (Lipinski definition) is 1. The van der Waals surface area contributed by atoms with E-state index in [1.807, 2.05) is 5.32 Å². The van der Waals surface area contributed by atoms with Gasteiger partial charge in [0.2, 0.25) is 0 Å². The van der Waals surface area contributed by atoms with Crippen molar-refractivity contribution in [1.29, 1.82) is 0 Å². The maximum atomic E-state index is 12.0. The Morgan fingerprint density at radius 1 is 1.28 bits per heavy atom. The number of rotatable bonds is 4. The van der Waals surface area contributed by atoms with Crippen LogP contribution >= 0.6 is 0 Å². The minimum absolute atomic E-state index is 0.0291. The number of fused-ring (bicyclic) bond motifs is 1. The molecule has 0 saturated carbocycles. The average Bonchev–Trinajstić information content (AvgIpc) is 3.21. The number of carbonyl (C=O) groups is 3. The number of hydrogen-bond acceptors (Lipinski definition) is 8. The van der Waals surface area contributed by atoms with Crippen LogP contribution in [0.4, 0.5) is 0 Å². The zero-order chi connectivity index (χ0) is 18.0. The average molecular weight is 343 g/mol. The van der Waals surface area contributed by atoms with Crippen molar-refractivity contribution in [3.63, 3.8) is 0 Å². The zero-order valence-electron chi connectivity index (χ0n) is 13.3. The van der Waals surface area contributed by atoms with Crippen molar-refractivity contribution in [2.24, 2.45) is 0 Å². The summed E-state index contributed by atoms with van der Waals surface area (Å²) in [7, 11) is 0. The monoisotopic (exact) mass is 343 g/mol. The first kappa shape index (κ1) is 16.3. The summed E-state index contributed by atoms with van der Waals surface area (Å²) in [6, 6.07) is 4.68. The normalized spacial score (nSPS) is 10.6. The lowest BCUT2D eigenvalue weighted by Gasteiger charge is -2.02. The van der Waals surface area contributed by atoms with Gasteiger partial charge in [-0.05, 0) is 32.0 Å². The Kier molecular flexibility index (Phi) is 4.25. The van der Waals surface area contributed by atoms with Gasteiger partial charge in [-0.25, -0.2) is 14.3 Å². The summed E-state index contributed by atoms with van der Waals surface area (Å²) in [5.74, 6) is -2.44. The lowest BCUT2D eigenvalue weighted by molar-refractivity contribution is -0.123. The maximum absolute atomic E-state index is 12.0. The lowest BCUT2D eigenvalue weighted by Crippen LogP contribution is -2.34. The summed E-state index contributed by atoms with van der Waals surface area (Å²) in [6.07, 6.45) is 1.30. The van der Waals surface area contributed by atoms with Gasteiger partial charge in [-0.2, -0.15) is 4.98 Å². The number of ether oxygens (including phenoxy) is 1. The summed E-state index contributed by atoms with van der Waals surface area (Å²) in [5, 5.41) is 6.01. The van der Waals surface area contributed by atoms with E-state index in [4.69, 9.17) is 9.15 Å². The third-order valence-electron chi connectivity index (χ3n) is 3.13.